The summed E-state index contributed by atoms with van der Waals surface area (Å²) in [5, 5.41) is 0. The summed E-state index contributed by atoms with van der Waals surface area (Å²) in [6, 6.07) is 2.93. The van der Waals surface area contributed by atoms with Crippen molar-refractivity contribution in [2.24, 2.45) is 0 Å². The normalized spacial score (nSPS) is 10.0. The van der Waals surface area contributed by atoms with E-state index in [0.717, 1.165) is 5.56 Å². The Labute approximate surface area is 78.7 Å². The predicted molar refractivity (Wildman–Crippen MR) is 48.8 cm³/mol. The minimum atomic E-state index is -0.472. The highest BCUT2D eigenvalue weighted by Crippen LogP contribution is 2.24. The first-order valence-corrected chi connectivity index (χ1v) is 4.29. The van der Waals surface area contributed by atoms with Crippen LogP contribution in [0.5, 0.6) is 0 Å². The zero-order chi connectivity index (χ0) is 9.30. The number of aryl methyl sites for hydroxylation is 1. The fraction of sp³-hybridized carbons (Fsp3) is 0.222. The Balaban J connectivity index is 3.43. The Morgan fingerprint density at radius 2 is 2.08 bits per heavy atom. The van der Waals surface area contributed by atoms with Crippen molar-refractivity contribution in [3.05, 3.63) is 33.5 Å². The lowest BCUT2D eigenvalue weighted by molar-refractivity contribution is 0.101. The van der Waals surface area contributed by atoms with E-state index < -0.39 is 5.82 Å². The molecule has 0 heterocycles. The minimum Gasteiger partial charge on any atom is -0.294 e. The molecule has 0 saturated heterocycles. The molecule has 0 fully saturated rings. The van der Waals surface area contributed by atoms with Crippen LogP contribution >= 0.6 is 15.9 Å². The van der Waals surface area contributed by atoms with Gasteiger partial charge in [0.15, 0.2) is 5.78 Å². The van der Waals surface area contributed by atoms with Gasteiger partial charge in [-0.1, -0.05) is 6.07 Å². The van der Waals surface area contributed by atoms with Gasteiger partial charge >= 0.3 is 0 Å². The van der Waals surface area contributed by atoms with Crippen LogP contribution in [0.2, 0.25) is 0 Å². The van der Waals surface area contributed by atoms with Gasteiger partial charge < -0.3 is 0 Å². The fourth-order valence-corrected chi connectivity index (χ4v) is 1.58. The van der Waals surface area contributed by atoms with Gasteiger partial charge in [0, 0.05) is 4.47 Å². The van der Waals surface area contributed by atoms with Crippen LogP contribution in [0.25, 0.3) is 0 Å². The molecule has 0 aliphatic rings. The summed E-state index contributed by atoms with van der Waals surface area (Å²) in [6.07, 6.45) is 0. The van der Waals surface area contributed by atoms with Crippen LogP contribution in [0.15, 0.2) is 16.6 Å². The lowest BCUT2D eigenvalue weighted by atomic mass is 10.1. The molecule has 12 heavy (non-hydrogen) atoms. The van der Waals surface area contributed by atoms with Crippen LogP contribution in [0.3, 0.4) is 0 Å². The third-order valence-electron chi connectivity index (χ3n) is 1.64. The predicted octanol–water partition coefficient (Wildman–Crippen LogP) is 3.10. The Hall–Kier alpha value is -0.700. The second kappa shape index (κ2) is 3.35. The van der Waals surface area contributed by atoms with Crippen LogP contribution < -0.4 is 0 Å². The van der Waals surface area contributed by atoms with Crippen molar-refractivity contribution in [2.45, 2.75) is 13.8 Å². The number of carbonyl (C=O) groups is 1. The topological polar surface area (TPSA) is 17.1 Å². The summed E-state index contributed by atoms with van der Waals surface area (Å²) in [7, 11) is 0. The number of rotatable bonds is 1. The first-order chi connectivity index (χ1) is 5.54. The number of Topliss-reactive ketones (excluding diaryl/α,β-unsaturated/α-hetero) is 1. The van der Waals surface area contributed by atoms with Crippen LogP contribution in [-0.2, 0) is 0 Å². The quantitative estimate of drug-likeness (QED) is 0.678. The molecular weight excluding hydrogens is 223 g/mol. The van der Waals surface area contributed by atoms with Gasteiger partial charge in [-0.3, -0.25) is 4.79 Å². The molecule has 0 aromatic heterocycles. The largest absolute Gasteiger partial charge is 0.294 e. The highest BCUT2D eigenvalue weighted by atomic mass is 79.9. The number of carbonyl (C=O) groups excluding carboxylic acids is 1. The Bertz CT molecular complexity index is 334. The molecule has 1 rings (SSSR count). The van der Waals surface area contributed by atoms with E-state index in [1.807, 2.05) is 6.92 Å². The highest BCUT2D eigenvalue weighted by molar-refractivity contribution is 9.10. The second-order valence-corrected chi connectivity index (χ2v) is 3.40. The van der Waals surface area contributed by atoms with E-state index in [-0.39, 0.29) is 11.3 Å². The summed E-state index contributed by atoms with van der Waals surface area (Å²) in [6.45, 7) is 3.17. The molecule has 0 aliphatic carbocycles. The van der Waals surface area contributed by atoms with Crippen molar-refractivity contribution in [2.75, 3.05) is 0 Å². The molecule has 3 heteroatoms. The van der Waals surface area contributed by atoms with Crippen molar-refractivity contribution >= 4 is 21.7 Å². The molecule has 0 spiro atoms. The van der Waals surface area contributed by atoms with E-state index in [4.69, 9.17) is 0 Å². The Morgan fingerprint density at radius 1 is 1.50 bits per heavy atom. The Morgan fingerprint density at radius 3 is 2.50 bits per heavy atom. The SMILES string of the molecule is CC(=O)c1c(F)ccc(C)c1Br. The zero-order valence-electron chi connectivity index (χ0n) is 6.82. The van der Waals surface area contributed by atoms with Gasteiger partial charge in [-0.2, -0.15) is 0 Å². The number of hydrogen-bond donors (Lipinski definition) is 0. The number of ketones is 1. The van der Waals surface area contributed by atoms with Crippen molar-refractivity contribution < 1.29 is 9.18 Å². The van der Waals surface area contributed by atoms with E-state index in [0.29, 0.717) is 4.47 Å². The molecule has 0 unspecified atom stereocenters. The first-order valence-electron chi connectivity index (χ1n) is 3.49. The van der Waals surface area contributed by atoms with Gasteiger partial charge in [-0.15, -0.1) is 0 Å². The van der Waals surface area contributed by atoms with E-state index in [1.54, 1.807) is 6.07 Å². The first kappa shape index (κ1) is 9.39. The molecule has 64 valence electrons. The van der Waals surface area contributed by atoms with Crippen LogP contribution in [0.4, 0.5) is 4.39 Å². The van der Waals surface area contributed by atoms with Crippen molar-refractivity contribution in [1.82, 2.24) is 0 Å². The monoisotopic (exact) mass is 230 g/mol. The van der Waals surface area contributed by atoms with Crippen LogP contribution in [0, 0.1) is 12.7 Å². The zero-order valence-corrected chi connectivity index (χ0v) is 8.40. The maximum atomic E-state index is 13.0. The standard InChI is InChI=1S/C9H8BrFO/c1-5-3-4-7(11)8(6(2)12)9(5)10/h3-4H,1-2H3. The maximum absolute atomic E-state index is 13.0. The van der Waals surface area contributed by atoms with Gasteiger partial charge in [0.2, 0.25) is 0 Å². The van der Waals surface area contributed by atoms with Gasteiger partial charge in [-0.05, 0) is 41.4 Å². The number of hydrogen-bond acceptors (Lipinski definition) is 1. The smallest absolute Gasteiger partial charge is 0.163 e. The molecule has 0 bridgehead atoms. The highest BCUT2D eigenvalue weighted by Gasteiger charge is 2.12. The molecule has 0 amide bonds. The van der Waals surface area contributed by atoms with Crippen molar-refractivity contribution in [3.8, 4) is 0 Å². The molecule has 1 aromatic carbocycles. The molecule has 0 radical (unpaired) electrons. The summed E-state index contributed by atoms with van der Waals surface area (Å²) in [5.41, 5.74) is 0.997. The number of halogens is 2. The minimum absolute atomic E-state index is 0.134. The molecule has 1 nitrogen and oxygen atoms in total. The molecule has 0 aliphatic heterocycles. The molecule has 0 atom stereocenters. The summed E-state index contributed by atoms with van der Waals surface area (Å²) in [5.74, 6) is -0.733. The summed E-state index contributed by atoms with van der Waals surface area (Å²) in [4.78, 5) is 11.0. The third-order valence-corrected chi connectivity index (χ3v) is 2.66. The van der Waals surface area contributed by atoms with Crippen LogP contribution in [-0.4, -0.2) is 5.78 Å². The van der Waals surface area contributed by atoms with Gasteiger partial charge in [-0.25, -0.2) is 4.39 Å². The lowest BCUT2D eigenvalue weighted by Gasteiger charge is -2.04. The second-order valence-electron chi connectivity index (χ2n) is 2.61. The third kappa shape index (κ3) is 1.55. The average molecular weight is 231 g/mol. The van der Waals surface area contributed by atoms with E-state index in [9.17, 15) is 9.18 Å². The van der Waals surface area contributed by atoms with Gasteiger partial charge in [0.25, 0.3) is 0 Å². The van der Waals surface area contributed by atoms with E-state index >= 15 is 0 Å². The molecular formula is C9H8BrFO. The van der Waals surface area contributed by atoms with Gasteiger partial charge in [0.1, 0.15) is 5.82 Å². The lowest BCUT2D eigenvalue weighted by Crippen LogP contribution is -1.99. The molecule has 0 saturated carbocycles. The molecule has 0 N–H and O–H groups in total. The van der Waals surface area contributed by atoms with E-state index in [2.05, 4.69) is 15.9 Å². The fourth-order valence-electron chi connectivity index (χ4n) is 0.979. The maximum Gasteiger partial charge on any atom is 0.163 e. The van der Waals surface area contributed by atoms with Gasteiger partial charge in [0.05, 0.1) is 5.56 Å². The summed E-state index contributed by atoms with van der Waals surface area (Å²) < 4.78 is 13.6. The molecule has 1 aromatic rings. The van der Waals surface area contributed by atoms with Crippen LogP contribution in [0.1, 0.15) is 22.8 Å². The van der Waals surface area contributed by atoms with Crippen molar-refractivity contribution in [3.63, 3.8) is 0 Å². The number of benzene rings is 1. The average Bonchev–Trinajstić information content (AvgIpc) is 1.97. The van der Waals surface area contributed by atoms with Crippen molar-refractivity contribution in [1.29, 1.82) is 0 Å². The van der Waals surface area contributed by atoms with E-state index in [1.165, 1.54) is 13.0 Å². The Kier molecular flexibility index (Phi) is 2.62. The summed E-state index contributed by atoms with van der Waals surface area (Å²) >= 11 is 3.17.